The Morgan fingerprint density at radius 1 is 1.58 bits per heavy atom. The summed E-state index contributed by atoms with van der Waals surface area (Å²) in [6, 6.07) is 2.26. The fourth-order valence-electron chi connectivity index (χ4n) is 2.10. The van der Waals surface area contributed by atoms with Crippen molar-refractivity contribution in [1.82, 2.24) is 0 Å². The Kier molecular flexibility index (Phi) is 2.92. The van der Waals surface area contributed by atoms with Gasteiger partial charge in [-0.2, -0.15) is 5.26 Å². The molecule has 66 valence electrons. The monoisotopic (exact) mass is 163 g/mol. The Labute approximate surface area is 75.1 Å². The van der Waals surface area contributed by atoms with Crippen molar-refractivity contribution in [2.24, 2.45) is 11.8 Å². The highest BCUT2D eigenvalue weighted by Gasteiger charge is 2.24. The summed E-state index contributed by atoms with van der Waals surface area (Å²) in [7, 11) is 0. The van der Waals surface area contributed by atoms with E-state index in [1.165, 1.54) is 18.4 Å². The molecular weight excluding hydrogens is 146 g/mol. The molecule has 0 fully saturated rings. The van der Waals surface area contributed by atoms with E-state index < -0.39 is 0 Å². The summed E-state index contributed by atoms with van der Waals surface area (Å²) in [5.74, 6) is 1.23. The third-order valence-corrected chi connectivity index (χ3v) is 3.16. The molecule has 0 spiro atoms. The first kappa shape index (κ1) is 9.32. The second-order valence-electron chi connectivity index (χ2n) is 3.95. The summed E-state index contributed by atoms with van der Waals surface area (Å²) in [5, 5.41) is 8.58. The van der Waals surface area contributed by atoms with Gasteiger partial charge in [0.15, 0.2) is 0 Å². The Morgan fingerprint density at radius 2 is 2.25 bits per heavy atom. The van der Waals surface area contributed by atoms with Gasteiger partial charge in [-0.05, 0) is 38.5 Å². The fraction of sp³-hybridized carbons (Fsp3) is 0.727. The third-order valence-electron chi connectivity index (χ3n) is 3.16. The van der Waals surface area contributed by atoms with E-state index in [9.17, 15) is 0 Å². The molecule has 0 saturated carbocycles. The number of hydrogen-bond donors (Lipinski definition) is 0. The van der Waals surface area contributed by atoms with E-state index in [4.69, 9.17) is 5.26 Å². The Hall–Kier alpha value is -0.770. The van der Waals surface area contributed by atoms with Gasteiger partial charge in [0.2, 0.25) is 0 Å². The van der Waals surface area contributed by atoms with Crippen molar-refractivity contribution in [3.63, 3.8) is 0 Å². The van der Waals surface area contributed by atoms with Crippen LogP contribution in [0.5, 0.6) is 0 Å². The van der Waals surface area contributed by atoms with Gasteiger partial charge in [-0.25, -0.2) is 0 Å². The molecule has 0 amide bonds. The van der Waals surface area contributed by atoms with Crippen LogP contribution in [0.3, 0.4) is 0 Å². The zero-order valence-electron chi connectivity index (χ0n) is 8.22. The normalized spacial score (nSPS) is 25.7. The van der Waals surface area contributed by atoms with Crippen molar-refractivity contribution >= 4 is 0 Å². The van der Waals surface area contributed by atoms with Gasteiger partial charge in [0.1, 0.15) is 0 Å². The summed E-state index contributed by atoms with van der Waals surface area (Å²) < 4.78 is 0. The van der Waals surface area contributed by atoms with Gasteiger partial charge < -0.3 is 0 Å². The van der Waals surface area contributed by atoms with Crippen LogP contribution in [0.4, 0.5) is 0 Å². The molecule has 0 saturated heterocycles. The van der Waals surface area contributed by atoms with E-state index in [1.54, 1.807) is 5.57 Å². The van der Waals surface area contributed by atoms with Crippen molar-refractivity contribution in [3.05, 3.63) is 11.1 Å². The molecule has 1 nitrogen and oxygen atoms in total. The minimum atomic E-state index is 0.549. The predicted molar refractivity (Wildman–Crippen MR) is 50.5 cm³/mol. The number of nitriles is 1. The molecule has 1 rings (SSSR count). The highest BCUT2D eigenvalue weighted by atomic mass is 14.3. The minimum absolute atomic E-state index is 0.549. The molecule has 1 aliphatic carbocycles. The first-order valence-corrected chi connectivity index (χ1v) is 4.70. The maximum atomic E-state index is 8.58. The quantitative estimate of drug-likeness (QED) is 0.573. The van der Waals surface area contributed by atoms with E-state index in [2.05, 4.69) is 26.8 Å². The van der Waals surface area contributed by atoms with E-state index in [0.29, 0.717) is 18.3 Å². The Bertz CT molecular complexity index is 232. The smallest absolute Gasteiger partial charge is 0.0624 e. The zero-order chi connectivity index (χ0) is 9.14. The van der Waals surface area contributed by atoms with Gasteiger partial charge in [0.25, 0.3) is 0 Å². The standard InChI is InChI=1S/C11H17N/c1-8-4-5-11(10(8)3)9(2)6-7-12/h9,11H,4-6H2,1-3H3. The maximum Gasteiger partial charge on any atom is 0.0624 e. The van der Waals surface area contributed by atoms with Crippen LogP contribution in [0.25, 0.3) is 0 Å². The zero-order valence-corrected chi connectivity index (χ0v) is 8.22. The van der Waals surface area contributed by atoms with E-state index >= 15 is 0 Å². The lowest BCUT2D eigenvalue weighted by molar-refractivity contribution is 0.413. The van der Waals surface area contributed by atoms with E-state index in [0.717, 1.165) is 0 Å². The van der Waals surface area contributed by atoms with Crippen LogP contribution in [0.1, 0.15) is 40.0 Å². The predicted octanol–water partition coefficient (Wildman–Crippen LogP) is 3.28. The van der Waals surface area contributed by atoms with Crippen LogP contribution >= 0.6 is 0 Å². The molecule has 1 heteroatoms. The molecule has 0 radical (unpaired) electrons. The molecule has 2 unspecified atom stereocenters. The molecule has 1 aliphatic rings. The molecule has 0 N–H and O–H groups in total. The molecule has 0 aromatic carbocycles. The number of rotatable bonds is 2. The Morgan fingerprint density at radius 3 is 2.67 bits per heavy atom. The molecule has 2 atom stereocenters. The van der Waals surface area contributed by atoms with Crippen molar-refractivity contribution < 1.29 is 0 Å². The first-order valence-electron chi connectivity index (χ1n) is 4.70. The van der Waals surface area contributed by atoms with Gasteiger partial charge in [-0.1, -0.05) is 18.1 Å². The lowest BCUT2D eigenvalue weighted by Crippen LogP contribution is -2.09. The summed E-state index contributed by atoms with van der Waals surface area (Å²) in [6.07, 6.45) is 3.21. The van der Waals surface area contributed by atoms with Crippen LogP contribution in [-0.4, -0.2) is 0 Å². The lowest BCUT2D eigenvalue weighted by Gasteiger charge is -2.17. The average Bonchev–Trinajstić information content (AvgIpc) is 2.34. The molecule has 0 aromatic rings. The molecule has 0 heterocycles. The van der Waals surface area contributed by atoms with Gasteiger partial charge in [-0.3, -0.25) is 0 Å². The highest BCUT2D eigenvalue weighted by Crippen LogP contribution is 2.37. The van der Waals surface area contributed by atoms with Gasteiger partial charge in [0, 0.05) is 6.42 Å². The molecule has 0 aromatic heterocycles. The van der Waals surface area contributed by atoms with Crippen LogP contribution < -0.4 is 0 Å². The fourth-order valence-corrected chi connectivity index (χ4v) is 2.10. The summed E-state index contributed by atoms with van der Waals surface area (Å²) in [5.41, 5.74) is 3.09. The van der Waals surface area contributed by atoms with Crippen LogP contribution in [0.2, 0.25) is 0 Å². The maximum absolute atomic E-state index is 8.58. The largest absolute Gasteiger partial charge is 0.198 e. The lowest BCUT2D eigenvalue weighted by atomic mass is 9.87. The average molecular weight is 163 g/mol. The SMILES string of the molecule is CC1=C(C)C(C(C)CC#N)CC1. The van der Waals surface area contributed by atoms with E-state index in [1.807, 2.05) is 0 Å². The van der Waals surface area contributed by atoms with Gasteiger partial charge in [-0.15, -0.1) is 0 Å². The van der Waals surface area contributed by atoms with Crippen molar-refractivity contribution in [2.75, 3.05) is 0 Å². The molecule has 0 aliphatic heterocycles. The minimum Gasteiger partial charge on any atom is -0.198 e. The third kappa shape index (κ3) is 1.69. The topological polar surface area (TPSA) is 23.8 Å². The summed E-state index contributed by atoms with van der Waals surface area (Å²) in [6.45, 7) is 6.63. The summed E-state index contributed by atoms with van der Waals surface area (Å²) in [4.78, 5) is 0. The highest BCUT2D eigenvalue weighted by molar-refractivity contribution is 5.19. The van der Waals surface area contributed by atoms with Crippen molar-refractivity contribution in [2.45, 2.75) is 40.0 Å². The van der Waals surface area contributed by atoms with Crippen LogP contribution in [0.15, 0.2) is 11.1 Å². The molecular formula is C11H17N. The van der Waals surface area contributed by atoms with Gasteiger partial charge in [0.05, 0.1) is 6.07 Å². The Balaban J connectivity index is 2.61. The van der Waals surface area contributed by atoms with Crippen LogP contribution in [-0.2, 0) is 0 Å². The second kappa shape index (κ2) is 3.76. The van der Waals surface area contributed by atoms with Gasteiger partial charge >= 0.3 is 0 Å². The number of nitrogens with zero attached hydrogens (tertiary/aromatic N) is 1. The number of hydrogen-bond acceptors (Lipinski definition) is 1. The van der Waals surface area contributed by atoms with E-state index in [-0.39, 0.29) is 0 Å². The number of allylic oxidation sites excluding steroid dienone is 2. The van der Waals surface area contributed by atoms with Crippen LogP contribution in [0, 0.1) is 23.2 Å². The first-order chi connectivity index (χ1) is 5.66. The van der Waals surface area contributed by atoms with Crippen molar-refractivity contribution in [1.29, 1.82) is 5.26 Å². The molecule has 0 bridgehead atoms. The molecule has 12 heavy (non-hydrogen) atoms. The van der Waals surface area contributed by atoms with Crippen molar-refractivity contribution in [3.8, 4) is 6.07 Å². The second-order valence-corrected chi connectivity index (χ2v) is 3.95. The summed E-state index contributed by atoms with van der Waals surface area (Å²) >= 11 is 0.